The standard InChI is InChI=1S/C21H28F2N4O2/c1-4-16(18-12-24-13-20(26-18)25-14(2)3)10-17(23)19(11-22)27-7-5-15(6-8-27)9-21(28)29/h4,10,12-15H,1,5-9,11H2,2-3H3,(H,25,26)(H,28,29)/b16-10+,19-17-. The van der Waals surface area contributed by atoms with Gasteiger partial charge < -0.3 is 15.3 Å². The summed E-state index contributed by atoms with van der Waals surface area (Å²) in [5.74, 6) is -0.938. The fourth-order valence-corrected chi connectivity index (χ4v) is 3.28. The van der Waals surface area contributed by atoms with Crippen LogP contribution in [-0.2, 0) is 4.79 Å². The van der Waals surface area contributed by atoms with Gasteiger partial charge in [-0.05, 0) is 38.7 Å². The zero-order chi connectivity index (χ0) is 21.4. The van der Waals surface area contributed by atoms with Crippen molar-refractivity contribution in [2.24, 2.45) is 5.92 Å². The van der Waals surface area contributed by atoms with Gasteiger partial charge >= 0.3 is 5.97 Å². The van der Waals surface area contributed by atoms with Crippen molar-refractivity contribution in [3.8, 4) is 0 Å². The number of piperidine rings is 1. The number of nitrogens with zero attached hydrogens (tertiary/aromatic N) is 3. The third-order valence-electron chi connectivity index (χ3n) is 4.73. The molecule has 0 aromatic carbocycles. The van der Waals surface area contributed by atoms with Gasteiger partial charge in [-0.1, -0.05) is 12.7 Å². The van der Waals surface area contributed by atoms with Gasteiger partial charge in [0.25, 0.3) is 0 Å². The van der Waals surface area contributed by atoms with Gasteiger partial charge in [-0.3, -0.25) is 9.78 Å². The van der Waals surface area contributed by atoms with Crippen LogP contribution in [-0.4, -0.2) is 51.7 Å². The number of carboxylic acids is 1. The predicted octanol–water partition coefficient (Wildman–Crippen LogP) is 4.20. The normalized spacial score (nSPS) is 16.6. The number of anilines is 1. The Balaban J connectivity index is 2.21. The summed E-state index contributed by atoms with van der Waals surface area (Å²) in [6.45, 7) is 7.55. The molecular formula is C21H28F2N4O2. The van der Waals surface area contributed by atoms with Crippen LogP contribution >= 0.6 is 0 Å². The first-order valence-electron chi connectivity index (χ1n) is 9.68. The van der Waals surface area contributed by atoms with Gasteiger partial charge in [-0.15, -0.1) is 0 Å². The number of rotatable bonds is 9. The molecule has 0 spiro atoms. The van der Waals surface area contributed by atoms with E-state index in [9.17, 15) is 13.6 Å². The number of hydrogen-bond acceptors (Lipinski definition) is 5. The maximum atomic E-state index is 14.9. The molecule has 2 heterocycles. The van der Waals surface area contributed by atoms with Crippen molar-refractivity contribution in [3.63, 3.8) is 0 Å². The number of nitrogens with one attached hydrogen (secondary N) is 1. The topological polar surface area (TPSA) is 78.4 Å². The molecule has 1 saturated heterocycles. The first kappa shape index (κ1) is 22.5. The van der Waals surface area contributed by atoms with E-state index in [-0.39, 0.29) is 24.1 Å². The Hall–Kier alpha value is -2.77. The fraction of sp³-hybridized carbons (Fsp3) is 0.476. The number of hydrogen-bond donors (Lipinski definition) is 2. The molecule has 1 aliphatic rings. The van der Waals surface area contributed by atoms with Crippen molar-refractivity contribution in [2.45, 2.75) is 39.2 Å². The van der Waals surface area contributed by atoms with Crippen LogP contribution in [0.15, 0.2) is 42.6 Å². The number of aromatic nitrogens is 2. The maximum absolute atomic E-state index is 14.9. The van der Waals surface area contributed by atoms with Crippen molar-refractivity contribution in [2.75, 3.05) is 25.1 Å². The van der Waals surface area contributed by atoms with Gasteiger partial charge in [0.1, 0.15) is 18.3 Å². The number of carbonyl (C=O) groups is 1. The van der Waals surface area contributed by atoms with E-state index in [1.54, 1.807) is 11.1 Å². The molecule has 0 unspecified atom stereocenters. The smallest absolute Gasteiger partial charge is 0.303 e. The number of halogens is 2. The van der Waals surface area contributed by atoms with Gasteiger partial charge in [0.2, 0.25) is 0 Å². The summed E-state index contributed by atoms with van der Waals surface area (Å²) in [7, 11) is 0. The van der Waals surface area contributed by atoms with E-state index in [0.717, 1.165) is 0 Å². The second-order valence-electron chi connectivity index (χ2n) is 7.35. The van der Waals surface area contributed by atoms with E-state index in [1.165, 1.54) is 18.3 Å². The molecule has 2 N–H and O–H groups in total. The van der Waals surface area contributed by atoms with E-state index >= 15 is 0 Å². The largest absolute Gasteiger partial charge is 0.481 e. The molecule has 29 heavy (non-hydrogen) atoms. The van der Waals surface area contributed by atoms with Crippen molar-refractivity contribution in [1.82, 2.24) is 14.9 Å². The van der Waals surface area contributed by atoms with Gasteiger partial charge in [0, 0.05) is 31.1 Å². The number of aliphatic carboxylic acids is 1. The molecule has 6 nitrogen and oxygen atoms in total. The lowest BCUT2D eigenvalue weighted by Gasteiger charge is -2.33. The summed E-state index contributed by atoms with van der Waals surface area (Å²) in [4.78, 5) is 21.0. The van der Waals surface area contributed by atoms with Crippen molar-refractivity contribution < 1.29 is 18.7 Å². The minimum Gasteiger partial charge on any atom is -0.481 e. The second kappa shape index (κ2) is 10.7. The molecule has 0 aliphatic carbocycles. The zero-order valence-corrected chi connectivity index (χ0v) is 16.9. The third-order valence-corrected chi connectivity index (χ3v) is 4.73. The highest BCUT2D eigenvalue weighted by atomic mass is 19.1. The van der Waals surface area contributed by atoms with Crippen molar-refractivity contribution in [3.05, 3.63) is 48.3 Å². The molecule has 0 bridgehead atoms. The molecule has 1 aromatic rings. The maximum Gasteiger partial charge on any atom is 0.303 e. The Bertz CT molecular complexity index is 785. The van der Waals surface area contributed by atoms with E-state index in [2.05, 4.69) is 21.9 Å². The van der Waals surface area contributed by atoms with Crippen LogP contribution < -0.4 is 5.32 Å². The average Bonchev–Trinajstić information content (AvgIpc) is 2.67. The Morgan fingerprint density at radius 1 is 1.41 bits per heavy atom. The molecule has 1 aromatic heterocycles. The Morgan fingerprint density at radius 2 is 2.10 bits per heavy atom. The van der Waals surface area contributed by atoms with Crippen molar-refractivity contribution >= 4 is 17.4 Å². The van der Waals surface area contributed by atoms with Gasteiger partial charge in [0.15, 0.2) is 0 Å². The average molecular weight is 406 g/mol. The minimum atomic E-state index is -0.947. The SMILES string of the molecule is C=C/C(=C\C(F)=C(/CF)N1CCC(CC(=O)O)CC1)c1cncc(NC(C)C)n1. The highest BCUT2D eigenvalue weighted by Crippen LogP contribution is 2.27. The van der Waals surface area contributed by atoms with Crippen molar-refractivity contribution in [1.29, 1.82) is 0 Å². The monoisotopic (exact) mass is 406 g/mol. The van der Waals surface area contributed by atoms with Gasteiger partial charge in [-0.25, -0.2) is 13.8 Å². The summed E-state index contributed by atoms with van der Waals surface area (Å²) in [6.07, 6.45) is 7.02. The van der Waals surface area contributed by atoms with Crippen LogP contribution in [0.2, 0.25) is 0 Å². The first-order chi connectivity index (χ1) is 13.8. The summed E-state index contributed by atoms with van der Waals surface area (Å²) < 4.78 is 28.5. The van der Waals surface area contributed by atoms with Gasteiger partial charge in [-0.2, -0.15) is 0 Å². The molecular weight excluding hydrogens is 378 g/mol. The highest BCUT2D eigenvalue weighted by molar-refractivity contribution is 5.73. The molecule has 0 amide bonds. The van der Waals surface area contributed by atoms with E-state index in [4.69, 9.17) is 5.11 Å². The summed E-state index contributed by atoms with van der Waals surface area (Å²) in [5, 5.41) is 12.0. The first-order valence-corrected chi connectivity index (χ1v) is 9.68. The third kappa shape index (κ3) is 6.66. The highest BCUT2D eigenvalue weighted by Gasteiger charge is 2.24. The molecule has 8 heteroatoms. The minimum absolute atomic E-state index is 0.0393. The molecule has 1 aliphatic heterocycles. The van der Waals surface area contributed by atoms with Crippen LogP contribution in [0.3, 0.4) is 0 Å². The van der Waals surface area contributed by atoms with E-state index in [0.29, 0.717) is 43.0 Å². The van der Waals surface area contributed by atoms with Crippen LogP contribution in [0.5, 0.6) is 0 Å². The summed E-state index contributed by atoms with van der Waals surface area (Å²) in [5.41, 5.74) is 0.788. The number of allylic oxidation sites excluding steroid dienone is 5. The quantitative estimate of drug-likeness (QED) is 0.599. The van der Waals surface area contributed by atoms with Crippen LogP contribution in [0.25, 0.3) is 5.57 Å². The second-order valence-corrected chi connectivity index (χ2v) is 7.35. The van der Waals surface area contributed by atoms with Crippen LogP contribution in [0.1, 0.15) is 38.8 Å². The van der Waals surface area contributed by atoms with Gasteiger partial charge in [0.05, 0.1) is 23.8 Å². The van der Waals surface area contributed by atoms with Crippen LogP contribution in [0, 0.1) is 5.92 Å². The lowest BCUT2D eigenvalue weighted by atomic mass is 9.93. The summed E-state index contributed by atoms with van der Waals surface area (Å²) in [6, 6.07) is 0.162. The lowest BCUT2D eigenvalue weighted by Crippen LogP contribution is -2.35. The number of likely N-dealkylation sites (tertiary alicyclic amines) is 1. The Morgan fingerprint density at radius 3 is 2.66 bits per heavy atom. The molecule has 2 rings (SSSR count). The lowest BCUT2D eigenvalue weighted by molar-refractivity contribution is -0.138. The molecule has 0 radical (unpaired) electrons. The molecule has 0 atom stereocenters. The molecule has 0 saturated carbocycles. The predicted molar refractivity (Wildman–Crippen MR) is 110 cm³/mol. The molecule has 158 valence electrons. The number of alkyl halides is 1. The molecule has 1 fully saturated rings. The van der Waals surface area contributed by atoms with Crippen LogP contribution in [0.4, 0.5) is 14.6 Å². The zero-order valence-electron chi connectivity index (χ0n) is 16.9. The summed E-state index contributed by atoms with van der Waals surface area (Å²) >= 11 is 0. The Labute approximate surface area is 170 Å². The van der Waals surface area contributed by atoms with E-state index < -0.39 is 18.5 Å². The number of carboxylic acid groups (broad SMARTS) is 1. The van der Waals surface area contributed by atoms with E-state index in [1.807, 2.05) is 13.8 Å². The fourth-order valence-electron chi connectivity index (χ4n) is 3.28. The Kier molecular flexibility index (Phi) is 8.30.